The summed E-state index contributed by atoms with van der Waals surface area (Å²) in [4.78, 5) is 12.1. The minimum absolute atomic E-state index is 0.261. The van der Waals surface area contributed by atoms with Crippen LogP contribution in [-0.2, 0) is 6.42 Å². The van der Waals surface area contributed by atoms with Gasteiger partial charge < -0.3 is 24.8 Å². The highest BCUT2D eigenvalue weighted by molar-refractivity contribution is 5.89. The van der Waals surface area contributed by atoms with Crippen LogP contribution >= 0.6 is 0 Å². The van der Waals surface area contributed by atoms with Gasteiger partial charge in [0.15, 0.2) is 11.5 Å². The molecular weight excluding hydrogens is 320 g/mol. The maximum atomic E-state index is 12.1. The fourth-order valence-electron chi connectivity index (χ4n) is 2.71. The van der Waals surface area contributed by atoms with Crippen molar-refractivity contribution < 1.29 is 19.0 Å². The fraction of sp³-hybridized carbons (Fsp3) is 0.316. The van der Waals surface area contributed by atoms with Gasteiger partial charge in [-0.25, -0.2) is 4.79 Å². The molecule has 2 aromatic carbocycles. The summed E-state index contributed by atoms with van der Waals surface area (Å²) in [5.74, 6) is 2.18. The number of carbonyl (C=O) groups excluding carboxylic acids is 1. The number of hydrogen-bond acceptors (Lipinski definition) is 4. The smallest absolute Gasteiger partial charge is 0.319 e. The molecule has 0 saturated heterocycles. The molecule has 2 aromatic rings. The molecule has 0 atom stereocenters. The molecule has 6 heteroatoms. The first-order chi connectivity index (χ1) is 12.2. The number of nitrogens with one attached hydrogen (secondary N) is 2. The van der Waals surface area contributed by atoms with E-state index in [-0.39, 0.29) is 6.03 Å². The number of ether oxygens (including phenoxy) is 3. The predicted molar refractivity (Wildman–Crippen MR) is 95.9 cm³/mol. The second kappa shape index (κ2) is 7.79. The highest BCUT2D eigenvalue weighted by Crippen LogP contribution is 2.32. The summed E-state index contributed by atoms with van der Waals surface area (Å²) in [6.45, 7) is 3.60. The van der Waals surface area contributed by atoms with Gasteiger partial charge in [-0.2, -0.15) is 0 Å². The summed E-state index contributed by atoms with van der Waals surface area (Å²) in [6.07, 6.45) is 0.694. The van der Waals surface area contributed by atoms with Crippen LogP contribution in [0.15, 0.2) is 36.4 Å². The molecule has 0 fully saturated rings. The average Bonchev–Trinajstić information content (AvgIpc) is 2.62. The summed E-state index contributed by atoms with van der Waals surface area (Å²) < 4.78 is 16.3. The van der Waals surface area contributed by atoms with E-state index < -0.39 is 0 Å². The highest BCUT2D eigenvalue weighted by Gasteiger charge is 2.12. The zero-order valence-electron chi connectivity index (χ0n) is 14.4. The van der Waals surface area contributed by atoms with Crippen LogP contribution in [0.4, 0.5) is 10.5 Å². The third kappa shape index (κ3) is 4.35. The van der Waals surface area contributed by atoms with E-state index in [1.165, 1.54) is 0 Å². The van der Waals surface area contributed by atoms with Gasteiger partial charge in [0.2, 0.25) is 0 Å². The third-order valence-corrected chi connectivity index (χ3v) is 3.92. The van der Waals surface area contributed by atoms with Crippen LogP contribution in [-0.4, -0.2) is 32.9 Å². The minimum Gasteiger partial charge on any atom is -0.496 e. The normalized spacial score (nSPS) is 12.4. The van der Waals surface area contributed by atoms with Crippen molar-refractivity contribution in [2.75, 3.05) is 32.2 Å². The van der Waals surface area contributed by atoms with E-state index in [9.17, 15) is 4.79 Å². The summed E-state index contributed by atoms with van der Waals surface area (Å²) in [5.41, 5.74) is 2.90. The van der Waals surface area contributed by atoms with E-state index in [0.29, 0.717) is 43.4 Å². The summed E-state index contributed by atoms with van der Waals surface area (Å²) in [7, 11) is 1.65. The first-order valence-corrected chi connectivity index (χ1v) is 8.24. The Kier molecular flexibility index (Phi) is 5.28. The van der Waals surface area contributed by atoms with Crippen LogP contribution < -0.4 is 24.8 Å². The van der Waals surface area contributed by atoms with Crippen LogP contribution in [0.1, 0.15) is 11.1 Å². The van der Waals surface area contributed by atoms with Crippen LogP contribution in [0.2, 0.25) is 0 Å². The summed E-state index contributed by atoms with van der Waals surface area (Å²) in [6, 6.07) is 11.1. The Morgan fingerprint density at radius 1 is 1.12 bits per heavy atom. The van der Waals surface area contributed by atoms with Gasteiger partial charge in [-0.1, -0.05) is 17.7 Å². The molecule has 25 heavy (non-hydrogen) atoms. The van der Waals surface area contributed by atoms with Crippen LogP contribution in [0, 0.1) is 6.92 Å². The third-order valence-electron chi connectivity index (χ3n) is 3.92. The molecule has 6 nitrogen and oxygen atoms in total. The van der Waals surface area contributed by atoms with Gasteiger partial charge in [-0.3, -0.25) is 0 Å². The molecule has 1 heterocycles. The number of fused-ring (bicyclic) bond motifs is 1. The van der Waals surface area contributed by atoms with Gasteiger partial charge in [-0.15, -0.1) is 0 Å². The molecule has 0 aromatic heterocycles. The van der Waals surface area contributed by atoms with E-state index in [1.807, 2.05) is 19.1 Å². The van der Waals surface area contributed by atoms with Gasteiger partial charge in [0, 0.05) is 18.3 Å². The number of aryl methyl sites for hydroxylation is 1. The lowest BCUT2D eigenvalue weighted by atomic mass is 10.1. The SMILES string of the molecule is COc1ccc(C)cc1CCNC(=O)Nc1ccc2c(c1)OCCO2. The Balaban J connectivity index is 1.52. The van der Waals surface area contributed by atoms with Gasteiger partial charge >= 0.3 is 6.03 Å². The molecule has 1 aliphatic heterocycles. The molecule has 0 unspecified atom stereocenters. The van der Waals surface area contributed by atoms with Crippen LogP contribution in [0.3, 0.4) is 0 Å². The van der Waals surface area contributed by atoms with Gasteiger partial charge in [0.05, 0.1) is 7.11 Å². The molecule has 132 valence electrons. The van der Waals surface area contributed by atoms with Crippen molar-refractivity contribution in [2.24, 2.45) is 0 Å². The minimum atomic E-state index is -0.261. The first kappa shape index (κ1) is 17.0. The lowest BCUT2D eigenvalue weighted by Gasteiger charge is -2.19. The quantitative estimate of drug-likeness (QED) is 0.876. The number of carbonyl (C=O) groups is 1. The number of benzene rings is 2. The number of anilines is 1. The zero-order chi connectivity index (χ0) is 17.6. The Hall–Kier alpha value is -2.89. The molecule has 0 saturated carbocycles. The monoisotopic (exact) mass is 342 g/mol. The second-order valence-electron chi connectivity index (χ2n) is 5.80. The number of rotatable bonds is 5. The summed E-state index contributed by atoms with van der Waals surface area (Å²) in [5, 5.41) is 5.65. The van der Waals surface area contributed by atoms with Gasteiger partial charge in [0.25, 0.3) is 0 Å². The average molecular weight is 342 g/mol. The molecule has 1 aliphatic rings. The van der Waals surface area contributed by atoms with Crippen molar-refractivity contribution in [3.05, 3.63) is 47.5 Å². The van der Waals surface area contributed by atoms with Gasteiger partial charge in [-0.05, 0) is 37.1 Å². The molecule has 2 N–H and O–H groups in total. The standard InChI is InChI=1S/C19H22N2O4/c1-13-3-5-16(23-2)14(11-13)7-8-20-19(22)21-15-4-6-17-18(12-15)25-10-9-24-17/h3-6,11-12H,7-10H2,1-2H3,(H2,20,21,22). The summed E-state index contributed by atoms with van der Waals surface area (Å²) >= 11 is 0. The maximum Gasteiger partial charge on any atom is 0.319 e. The van der Waals surface area contributed by atoms with Crippen molar-refractivity contribution in [1.29, 1.82) is 0 Å². The number of methoxy groups -OCH3 is 1. The fourth-order valence-corrected chi connectivity index (χ4v) is 2.71. The molecule has 3 rings (SSSR count). The van der Waals surface area contributed by atoms with E-state index in [2.05, 4.69) is 16.7 Å². The van der Waals surface area contributed by atoms with Crippen molar-refractivity contribution in [3.8, 4) is 17.2 Å². The molecule has 0 bridgehead atoms. The Morgan fingerprint density at radius 2 is 1.92 bits per heavy atom. The van der Waals surface area contributed by atoms with E-state index in [1.54, 1.807) is 25.3 Å². The van der Waals surface area contributed by atoms with Crippen LogP contribution in [0.5, 0.6) is 17.2 Å². The predicted octanol–water partition coefficient (Wildman–Crippen LogP) is 3.14. The van der Waals surface area contributed by atoms with Crippen LogP contribution in [0.25, 0.3) is 0 Å². The second-order valence-corrected chi connectivity index (χ2v) is 5.80. The lowest BCUT2D eigenvalue weighted by Crippen LogP contribution is -2.30. The zero-order valence-corrected chi connectivity index (χ0v) is 14.4. The Labute approximate surface area is 147 Å². The molecule has 0 spiro atoms. The Bertz CT molecular complexity index is 761. The highest BCUT2D eigenvalue weighted by atomic mass is 16.6. The van der Waals surface area contributed by atoms with Gasteiger partial charge in [0.1, 0.15) is 19.0 Å². The Morgan fingerprint density at radius 3 is 2.72 bits per heavy atom. The molecular formula is C19H22N2O4. The molecule has 2 amide bonds. The van der Waals surface area contributed by atoms with Crippen molar-refractivity contribution in [2.45, 2.75) is 13.3 Å². The molecule has 0 aliphatic carbocycles. The first-order valence-electron chi connectivity index (χ1n) is 8.24. The van der Waals surface area contributed by atoms with Crippen molar-refractivity contribution in [1.82, 2.24) is 5.32 Å². The number of amides is 2. The molecule has 0 radical (unpaired) electrons. The van der Waals surface area contributed by atoms with Crippen molar-refractivity contribution >= 4 is 11.7 Å². The maximum absolute atomic E-state index is 12.1. The largest absolute Gasteiger partial charge is 0.496 e. The van der Waals surface area contributed by atoms with E-state index >= 15 is 0 Å². The van der Waals surface area contributed by atoms with Crippen molar-refractivity contribution in [3.63, 3.8) is 0 Å². The lowest BCUT2D eigenvalue weighted by molar-refractivity contribution is 0.171. The number of urea groups is 1. The van der Waals surface area contributed by atoms with E-state index in [4.69, 9.17) is 14.2 Å². The topological polar surface area (TPSA) is 68.8 Å². The number of hydrogen-bond donors (Lipinski definition) is 2. The van der Waals surface area contributed by atoms with E-state index in [0.717, 1.165) is 16.9 Å².